The Labute approximate surface area is 330 Å². The molecule has 0 aromatic heterocycles. The van der Waals surface area contributed by atoms with Crippen molar-refractivity contribution in [2.75, 3.05) is 5.32 Å². The van der Waals surface area contributed by atoms with Crippen molar-refractivity contribution in [2.24, 2.45) is 0 Å². The average Bonchev–Trinajstić information content (AvgIpc) is 3.22. The molecule has 2 aliphatic heterocycles. The number of carboxylic acid groups (broad SMARTS) is 1. The highest BCUT2D eigenvalue weighted by atomic mass is 16.4. The van der Waals surface area contributed by atoms with Gasteiger partial charge in [-0.1, -0.05) is 115 Å². The second kappa shape index (κ2) is 19.2. The van der Waals surface area contributed by atoms with Crippen molar-refractivity contribution in [3.05, 3.63) is 150 Å². The maximum absolute atomic E-state index is 14.5. The smallest absolute Gasteiger partial charge is 0.326 e. The molecule has 5 aromatic rings. The molecule has 0 spiro atoms. The number of hydrogen-bond acceptors (Lipinski definition) is 6. The lowest BCUT2D eigenvalue weighted by Gasteiger charge is -2.27. The Morgan fingerprint density at radius 1 is 0.561 bits per heavy atom. The van der Waals surface area contributed by atoms with Gasteiger partial charge in [0, 0.05) is 37.8 Å². The number of rotatable bonds is 8. The monoisotopic (exact) mass is 767 g/mol. The van der Waals surface area contributed by atoms with Gasteiger partial charge >= 0.3 is 5.97 Å². The zero-order chi connectivity index (χ0) is 40.1. The number of amides is 5. The Hall–Kier alpha value is -6.82. The first-order valence-corrected chi connectivity index (χ1v) is 19.0. The zero-order valence-corrected chi connectivity index (χ0v) is 31.3. The molecule has 0 radical (unpaired) electrons. The molecule has 2 heterocycles. The number of carboxylic acids is 1. The van der Waals surface area contributed by atoms with Gasteiger partial charge in [-0.15, -0.1) is 0 Å². The van der Waals surface area contributed by atoms with Crippen LogP contribution in [0, 0.1) is 0 Å². The van der Waals surface area contributed by atoms with Crippen LogP contribution < -0.4 is 26.6 Å². The van der Waals surface area contributed by atoms with E-state index in [1.807, 2.05) is 78.9 Å². The van der Waals surface area contributed by atoms with Crippen LogP contribution in [0.1, 0.15) is 41.5 Å². The molecule has 4 atom stereocenters. The highest BCUT2D eigenvalue weighted by molar-refractivity contribution is 5.97. The van der Waals surface area contributed by atoms with Gasteiger partial charge in [-0.05, 0) is 58.0 Å². The molecule has 0 saturated heterocycles. The van der Waals surface area contributed by atoms with E-state index in [0.29, 0.717) is 23.2 Å². The standard InChI is InChI=1S/C45H45N5O7/c51-40-24-25-41(52)47-36(23-20-29-10-3-1-4-11-29)42(53)49-38(28-33-16-9-15-32-14-7-8-17-35(32)33)44(55)48-37(26-30-12-5-2-6-13-30)43(54)50-39(45(56)57)27-31-18-21-34(46-40)22-19-31/h1-19,21-22,36-39H,20,23-28H2,(H,46,51)(H,47,52)(H,48,55)(H,49,53)(H,50,54)(H,56,57)/t36-,37-,38+,39+/m1/s1. The SMILES string of the molecule is O=C1CCC(=O)N[C@H](CCc2ccccc2)C(=O)N[C@@H](Cc2cccc3ccccc23)C(=O)N[C@H](Cc2ccccc2)C(=O)N[C@H](C(=O)O)Cc2ccc(cc2)N1. The molecule has 7 rings (SSSR count). The van der Waals surface area contributed by atoms with Crippen LogP contribution >= 0.6 is 0 Å². The van der Waals surface area contributed by atoms with Gasteiger partial charge in [-0.2, -0.15) is 0 Å². The Kier molecular flexibility index (Phi) is 13.4. The van der Waals surface area contributed by atoms with Crippen LogP contribution in [0.5, 0.6) is 0 Å². The first-order valence-electron chi connectivity index (χ1n) is 19.0. The van der Waals surface area contributed by atoms with Crippen molar-refractivity contribution in [1.82, 2.24) is 21.3 Å². The second-order valence-electron chi connectivity index (χ2n) is 14.1. The summed E-state index contributed by atoms with van der Waals surface area (Å²) >= 11 is 0. The summed E-state index contributed by atoms with van der Waals surface area (Å²) in [5.74, 6) is -4.24. The Morgan fingerprint density at radius 3 is 1.84 bits per heavy atom. The Morgan fingerprint density at radius 2 is 1.14 bits per heavy atom. The van der Waals surface area contributed by atoms with E-state index in [2.05, 4.69) is 26.6 Å². The van der Waals surface area contributed by atoms with Crippen molar-refractivity contribution in [3.8, 4) is 0 Å². The van der Waals surface area contributed by atoms with Gasteiger partial charge in [0.2, 0.25) is 29.5 Å². The minimum atomic E-state index is -1.35. The summed E-state index contributed by atoms with van der Waals surface area (Å²) in [7, 11) is 0. The minimum absolute atomic E-state index is 0.0316. The minimum Gasteiger partial charge on any atom is -0.480 e. The molecule has 0 unspecified atom stereocenters. The molecule has 57 heavy (non-hydrogen) atoms. The van der Waals surface area contributed by atoms with Crippen LogP contribution in [-0.4, -0.2) is 64.8 Å². The molecule has 292 valence electrons. The normalized spacial score (nSPS) is 20.0. The van der Waals surface area contributed by atoms with Gasteiger partial charge in [0.25, 0.3) is 0 Å². The summed E-state index contributed by atoms with van der Waals surface area (Å²) in [6.07, 6.45) is 0.246. The van der Waals surface area contributed by atoms with E-state index in [4.69, 9.17) is 0 Å². The lowest BCUT2D eigenvalue weighted by molar-refractivity contribution is -0.142. The third-order valence-corrected chi connectivity index (χ3v) is 9.94. The molecule has 2 bridgehead atoms. The van der Waals surface area contributed by atoms with Crippen LogP contribution in [-0.2, 0) is 54.5 Å². The van der Waals surface area contributed by atoms with Crippen LogP contribution in [0.2, 0.25) is 0 Å². The molecule has 0 aliphatic carbocycles. The molecular formula is C45H45N5O7. The lowest BCUT2D eigenvalue weighted by Crippen LogP contribution is -2.59. The summed E-state index contributed by atoms with van der Waals surface area (Å²) in [5.41, 5.74) is 3.43. The lowest BCUT2D eigenvalue weighted by atomic mass is 9.97. The molecule has 2 aliphatic rings. The van der Waals surface area contributed by atoms with Crippen molar-refractivity contribution >= 4 is 52.0 Å². The molecular weight excluding hydrogens is 723 g/mol. The van der Waals surface area contributed by atoms with Crippen LogP contribution in [0.3, 0.4) is 0 Å². The van der Waals surface area contributed by atoms with Crippen molar-refractivity contribution in [2.45, 2.75) is 69.1 Å². The number of anilines is 1. The van der Waals surface area contributed by atoms with E-state index in [1.54, 1.807) is 48.5 Å². The van der Waals surface area contributed by atoms with Gasteiger partial charge in [-0.3, -0.25) is 24.0 Å². The number of benzene rings is 5. The fourth-order valence-electron chi connectivity index (χ4n) is 6.88. The molecule has 0 saturated carbocycles. The van der Waals surface area contributed by atoms with Crippen molar-refractivity contribution < 1.29 is 33.9 Å². The third kappa shape index (κ3) is 11.4. The molecule has 5 aromatic carbocycles. The summed E-state index contributed by atoms with van der Waals surface area (Å²) in [6, 6.07) is 33.4. The van der Waals surface area contributed by atoms with Gasteiger partial charge in [0.1, 0.15) is 24.2 Å². The Balaban J connectivity index is 1.36. The summed E-state index contributed by atoms with van der Waals surface area (Å²) < 4.78 is 0. The van der Waals surface area contributed by atoms with Crippen LogP contribution in [0.15, 0.2) is 127 Å². The molecule has 5 amide bonds. The highest BCUT2D eigenvalue weighted by Gasteiger charge is 2.32. The quantitative estimate of drug-likeness (QED) is 0.128. The van der Waals surface area contributed by atoms with Gasteiger partial charge in [-0.25, -0.2) is 4.79 Å². The number of nitrogens with one attached hydrogen (secondary N) is 5. The summed E-state index contributed by atoms with van der Waals surface area (Å²) in [6.45, 7) is 0. The van der Waals surface area contributed by atoms with E-state index in [9.17, 15) is 33.9 Å². The largest absolute Gasteiger partial charge is 0.480 e. The molecule has 0 fully saturated rings. The van der Waals surface area contributed by atoms with E-state index in [1.165, 1.54) is 0 Å². The number of carbonyl (C=O) groups excluding carboxylic acids is 5. The predicted molar refractivity (Wildman–Crippen MR) is 216 cm³/mol. The first kappa shape index (κ1) is 39.9. The fraction of sp³-hybridized carbons (Fsp3) is 0.244. The van der Waals surface area contributed by atoms with E-state index in [-0.39, 0.29) is 38.5 Å². The van der Waals surface area contributed by atoms with Crippen molar-refractivity contribution in [1.29, 1.82) is 0 Å². The third-order valence-electron chi connectivity index (χ3n) is 9.94. The average molecular weight is 768 g/mol. The van der Waals surface area contributed by atoms with Gasteiger partial charge in [0.05, 0.1) is 0 Å². The van der Waals surface area contributed by atoms with Gasteiger partial charge in [0.15, 0.2) is 0 Å². The number of aliphatic carboxylic acids is 1. The topological polar surface area (TPSA) is 183 Å². The van der Waals surface area contributed by atoms with E-state index < -0.39 is 59.7 Å². The predicted octanol–water partition coefficient (Wildman–Crippen LogP) is 4.26. The molecule has 6 N–H and O–H groups in total. The number of hydrogen-bond donors (Lipinski definition) is 6. The van der Waals surface area contributed by atoms with Gasteiger partial charge < -0.3 is 31.7 Å². The summed E-state index contributed by atoms with van der Waals surface area (Å²) in [4.78, 5) is 81.4. The van der Waals surface area contributed by atoms with E-state index in [0.717, 1.165) is 21.9 Å². The van der Waals surface area contributed by atoms with E-state index >= 15 is 0 Å². The molecule has 12 heteroatoms. The number of aryl methyl sites for hydroxylation is 1. The van der Waals surface area contributed by atoms with Crippen molar-refractivity contribution in [3.63, 3.8) is 0 Å². The van der Waals surface area contributed by atoms with Crippen LogP contribution in [0.25, 0.3) is 10.8 Å². The highest BCUT2D eigenvalue weighted by Crippen LogP contribution is 2.21. The second-order valence-corrected chi connectivity index (χ2v) is 14.1. The first-order chi connectivity index (χ1) is 27.6. The Bertz CT molecular complexity index is 2210. The van der Waals surface area contributed by atoms with Crippen LogP contribution in [0.4, 0.5) is 5.69 Å². The fourth-order valence-corrected chi connectivity index (χ4v) is 6.88. The number of carbonyl (C=O) groups is 6. The maximum Gasteiger partial charge on any atom is 0.326 e. The summed E-state index contributed by atoms with van der Waals surface area (Å²) in [5, 5.41) is 25.8. The molecule has 12 nitrogen and oxygen atoms in total. The number of fused-ring (bicyclic) bond motifs is 19. The maximum atomic E-state index is 14.5. The zero-order valence-electron chi connectivity index (χ0n) is 31.3.